The monoisotopic (exact) mass is 503 g/mol. The van der Waals surface area contributed by atoms with Gasteiger partial charge in [0.2, 0.25) is 0 Å². The van der Waals surface area contributed by atoms with Crippen LogP contribution in [0.5, 0.6) is 0 Å². The van der Waals surface area contributed by atoms with Crippen molar-refractivity contribution in [2.45, 2.75) is 0 Å². The average molecular weight is 505 g/mol. The average Bonchev–Trinajstić information content (AvgIpc) is 2.99. The van der Waals surface area contributed by atoms with Gasteiger partial charge in [-0.05, 0) is 54.6 Å². The zero-order chi connectivity index (χ0) is 23.7. The molecular weight excluding hydrogens is 492 g/mol. The van der Waals surface area contributed by atoms with E-state index in [-0.39, 0.29) is 27.0 Å². The van der Waals surface area contributed by atoms with Gasteiger partial charge in [-0.15, -0.1) is 0 Å². The highest BCUT2D eigenvalue weighted by Crippen LogP contribution is 2.31. The van der Waals surface area contributed by atoms with E-state index in [1.54, 1.807) is 36.4 Å². The van der Waals surface area contributed by atoms with E-state index < -0.39 is 23.5 Å². The first-order valence-corrected chi connectivity index (χ1v) is 10.6. The van der Waals surface area contributed by atoms with Gasteiger partial charge in [-0.3, -0.25) is 14.4 Å². The Bertz CT molecular complexity index is 1340. The first-order valence-electron chi connectivity index (χ1n) is 9.42. The largest absolute Gasteiger partial charge is 0.350 e. The zero-order valence-corrected chi connectivity index (χ0v) is 18.8. The molecule has 166 valence electrons. The maximum atomic E-state index is 13.3. The first kappa shape index (κ1) is 22.8. The molecule has 3 amide bonds. The molecule has 3 aromatic rings. The summed E-state index contributed by atoms with van der Waals surface area (Å²) in [6.45, 7) is 0. The van der Waals surface area contributed by atoms with Gasteiger partial charge in [0.25, 0.3) is 17.7 Å². The quantitative estimate of drug-likeness (QED) is 0.429. The standard InChI is InChI=1S/C23H13Cl3FN3O3/c24-13-4-2-6-16(10-13)30-22(32)19(26)20(23(30)33)28-14-5-1-3-12(9-14)21(31)29-15-7-8-18(27)17(25)11-15/h1-11,28H,(H,29,31). The van der Waals surface area contributed by atoms with Gasteiger partial charge in [0.05, 0.1) is 10.7 Å². The molecule has 10 heteroatoms. The fourth-order valence-electron chi connectivity index (χ4n) is 3.12. The topological polar surface area (TPSA) is 78.5 Å². The Balaban J connectivity index is 1.54. The van der Waals surface area contributed by atoms with Crippen LogP contribution in [-0.4, -0.2) is 17.7 Å². The van der Waals surface area contributed by atoms with Crippen LogP contribution in [0.3, 0.4) is 0 Å². The van der Waals surface area contributed by atoms with Crippen LogP contribution >= 0.6 is 34.8 Å². The van der Waals surface area contributed by atoms with E-state index in [1.165, 1.54) is 24.3 Å². The van der Waals surface area contributed by atoms with Crippen LogP contribution < -0.4 is 15.5 Å². The second-order valence-electron chi connectivity index (χ2n) is 6.90. The van der Waals surface area contributed by atoms with Crippen molar-refractivity contribution in [1.82, 2.24) is 0 Å². The van der Waals surface area contributed by atoms with Crippen LogP contribution in [-0.2, 0) is 9.59 Å². The van der Waals surface area contributed by atoms with E-state index in [2.05, 4.69) is 10.6 Å². The fraction of sp³-hybridized carbons (Fsp3) is 0. The number of carbonyl (C=O) groups excluding carboxylic acids is 3. The van der Waals surface area contributed by atoms with E-state index in [4.69, 9.17) is 34.8 Å². The minimum atomic E-state index is -0.700. The summed E-state index contributed by atoms with van der Waals surface area (Å²) in [5.41, 5.74) is 1.04. The second kappa shape index (κ2) is 9.23. The molecular formula is C23H13Cl3FN3O3. The van der Waals surface area contributed by atoms with Crippen molar-refractivity contribution in [1.29, 1.82) is 0 Å². The molecule has 3 aromatic carbocycles. The lowest BCUT2D eigenvalue weighted by Crippen LogP contribution is -2.32. The van der Waals surface area contributed by atoms with Gasteiger partial charge in [-0.1, -0.05) is 46.9 Å². The normalized spacial score (nSPS) is 13.5. The molecule has 0 saturated heterocycles. The van der Waals surface area contributed by atoms with Gasteiger partial charge in [-0.25, -0.2) is 9.29 Å². The van der Waals surface area contributed by atoms with Gasteiger partial charge in [0.15, 0.2) is 0 Å². The fourth-order valence-corrected chi connectivity index (χ4v) is 3.70. The maximum absolute atomic E-state index is 13.3. The summed E-state index contributed by atoms with van der Waals surface area (Å²) in [5, 5.41) is 5.35. The van der Waals surface area contributed by atoms with Crippen LogP contribution in [0.1, 0.15) is 10.4 Å². The molecule has 0 aromatic heterocycles. The smallest absolute Gasteiger partial charge is 0.283 e. The SMILES string of the molecule is O=C(Nc1ccc(F)c(Cl)c1)c1cccc(NC2=C(Cl)C(=O)N(c3cccc(Cl)c3)C2=O)c1. The molecule has 0 fully saturated rings. The van der Waals surface area contributed by atoms with E-state index in [0.717, 1.165) is 11.0 Å². The maximum Gasteiger partial charge on any atom is 0.283 e. The molecule has 0 aliphatic carbocycles. The molecule has 1 aliphatic rings. The molecule has 6 nitrogen and oxygen atoms in total. The highest BCUT2D eigenvalue weighted by atomic mass is 35.5. The summed E-state index contributed by atoms with van der Waals surface area (Å²) < 4.78 is 13.3. The van der Waals surface area contributed by atoms with Crippen molar-refractivity contribution in [2.75, 3.05) is 15.5 Å². The molecule has 33 heavy (non-hydrogen) atoms. The number of imide groups is 1. The lowest BCUT2D eigenvalue weighted by Gasteiger charge is -2.15. The third-order valence-electron chi connectivity index (χ3n) is 4.67. The molecule has 0 unspecified atom stereocenters. The predicted octanol–water partition coefficient (Wildman–Crippen LogP) is 5.82. The lowest BCUT2D eigenvalue weighted by molar-refractivity contribution is -0.120. The Hall–Kier alpha value is -3.39. The van der Waals surface area contributed by atoms with Crippen LogP contribution in [0.15, 0.2) is 77.5 Å². The van der Waals surface area contributed by atoms with E-state index in [9.17, 15) is 18.8 Å². The Morgan fingerprint density at radius 1 is 0.848 bits per heavy atom. The van der Waals surface area contributed by atoms with E-state index >= 15 is 0 Å². The highest BCUT2D eigenvalue weighted by Gasteiger charge is 2.39. The number of carbonyl (C=O) groups is 3. The van der Waals surface area contributed by atoms with Crippen molar-refractivity contribution in [3.8, 4) is 0 Å². The summed E-state index contributed by atoms with van der Waals surface area (Å²) >= 11 is 17.9. The molecule has 2 N–H and O–H groups in total. The third kappa shape index (κ3) is 4.71. The second-order valence-corrected chi connectivity index (χ2v) is 8.12. The number of amides is 3. The number of hydrogen-bond acceptors (Lipinski definition) is 4. The van der Waals surface area contributed by atoms with Gasteiger partial charge >= 0.3 is 0 Å². The Morgan fingerprint density at radius 3 is 2.33 bits per heavy atom. The number of halogens is 4. The van der Waals surface area contributed by atoms with Gasteiger partial charge < -0.3 is 10.6 Å². The first-order chi connectivity index (χ1) is 15.7. The molecule has 1 heterocycles. The Labute approximate surface area is 202 Å². The molecule has 0 bridgehead atoms. The van der Waals surface area contributed by atoms with Crippen molar-refractivity contribution in [3.63, 3.8) is 0 Å². The number of benzene rings is 3. The molecule has 0 spiro atoms. The summed E-state index contributed by atoms with van der Waals surface area (Å²) in [5.74, 6) is -2.46. The van der Waals surface area contributed by atoms with Gasteiger partial charge in [0, 0.05) is 22.0 Å². The van der Waals surface area contributed by atoms with Crippen LogP contribution in [0.4, 0.5) is 21.5 Å². The van der Waals surface area contributed by atoms with E-state index in [0.29, 0.717) is 16.4 Å². The molecule has 0 saturated carbocycles. The van der Waals surface area contributed by atoms with E-state index in [1.807, 2.05) is 0 Å². The Morgan fingerprint density at radius 2 is 1.61 bits per heavy atom. The molecule has 4 rings (SSSR count). The number of nitrogens with one attached hydrogen (secondary N) is 2. The minimum Gasteiger partial charge on any atom is -0.350 e. The number of rotatable bonds is 5. The van der Waals surface area contributed by atoms with Crippen molar-refractivity contribution < 1.29 is 18.8 Å². The van der Waals surface area contributed by atoms with Crippen molar-refractivity contribution in [2.24, 2.45) is 0 Å². The van der Waals surface area contributed by atoms with Crippen molar-refractivity contribution >= 4 is 69.6 Å². The predicted molar refractivity (Wildman–Crippen MR) is 126 cm³/mol. The third-order valence-corrected chi connectivity index (χ3v) is 5.54. The number of hydrogen-bond donors (Lipinski definition) is 2. The van der Waals surface area contributed by atoms with Crippen LogP contribution in [0.25, 0.3) is 0 Å². The minimum absolute atomic E-state index is 0.126. The molecule has 1 aliphatic heterocycles. The van der Waals surface area contributed by atoms with Gasteiger partial charge in [0.1, 0.15) is 16.5 Å². The summed E-state index contributed by atoms with van der Waals surface area (Å²) in [4.78, 5) is 39.0. The number of anilines is 3. The van der Waals surface area contributed by atoms with Gasteiger partial charge in [-0.2, -0.15) is 0 Å². The summed E-state index contributed by atoms with van der Waals surface area (Å²) in [6, 6.07) is 16.2. The van der Waals surface area contributed by atoms with Crippen LogP contribution in [0.2, 0.25) is 10.0 Å². The molecule has 0 atom stereocenters. The lowest BCUT2D eigenvalue weighted by atomic mass is 10.1. The van der Waals surface area contributed by atoms with Crippen molar-refractivity contribution in [3.05, 3.63) is 98.9 Å². The zero-order valence-electron chi connectivity index (χ0n) is 16.5. The van der Waals surface area contributed by atoms with Crippen LogP contribution in [0, 0.1) is 5.82 Å². The molecule has 0 radical (unpaired) electrons. The summed E-state index contributed by atoms with van der Waals surface area (Å²) in [6.07, 6.45) is 0. The highest BCUT2D eigenvalue weighted by molar-refractivity contribution is 6.53. The summed E-state index contributed by atoms with van der Waals surface area (Å²) in [7, 11) is 0. The Kier molecular flexibility index (Phi) is 6.37. The number of nitrogens with zero attached hydrogens (tertiary/aromatic N) is 1.